The SMILES string of the molecule is CCOc1ccc(CN(C)[C@H](C)C(=O)Nc2c(Cl)cccc2Cl)cc1OC. The van der Waals surface area contributed by atoms with E-state index < -0.39 is 6.04 Å². The molecule has 0 aliphatic heterocycles. The second kappa shape index (κ2) is 9.83. The summed E-state index contributed by atoms with van der Waals surface area (Å²) in [7, 11) is 3.48. The van der Waals surface area contributed by atoms with E-state index in [0.717, 1.165) is 5.56 Å². The number of anilines is 1. The van der Waals surface area contributed by atoms with Crippen LogP contribution in [0.3, 0.4) is 0 Å². The number of carbonyl (C=O) groups excluding carboxylic acids is 1. The van der Waals surface area contributed by atoms with E-state index in [4.69, 9.17) is 32.7 Å². The van der Waals surface area contributed by atoms with Crippen LogP contribution in [0.15, 0.2) is 36.4 Å². The van der Waals surface area contributed by atoms with Crippen molar-refractivity contribution in [3.05, 3.63) is 52.0 Å². The molecule has 0 saturated heterocycles. The Bertz CT molecular complexity index is 779. The Kier molecular flexibility index (Phi) is 7.78. The van der Waals surface area contributed by atoms with Gasteiger partial charge in [0, 0.05) is 6.54 Å². The topological polar surface area (TPSA) is 50.8 Å². The first kappa shape index (κ1) is 21.4. The molecule has 1 N–H and O–H groups in total. The summed E-state index contributed by atoms with van der Waals surface area (Å²) in [5.74, 6) is 1.18. The molecule has 0 unspecified atom stereocenters. The van der Waals surface area contributed by atoms with Crippen LogP contribution < -0.4 is 14.8 Å². The molecule has 1 atom stereocenters. The molecule has 0 aromatic heterocycles. The molecule has 7 heteroatoms. The van der Waals surface area contributed by atoms with Gasteiger partial charge in [-0.3, -0.25) is 9.69 Å². The molecule has 0 heterocycles. The second-order valence-electron chi connectivity index (χ2n) is 6.10. The third-order valence-corrected chi connectivity index (χ3v) is 4.84. The number of carbonyl (C=O) groups is 1. The number of nitrogens with one attached hydrogen (secondary N) is 1. The number of hydrogen-bond donors (Lipinski definition) is 1. The average molecular weight is 411 g/mol. The Labute approximate surface area is 170 Å². The quantitative estimate of drug-likeness (QED) is 0.674. The van der Waals surface area contributed by atoms with Gasteiger partial charge < -0.3 is 14.8 Å². The average Bonchev–Trinajstić information content (AvgIpc) is 2.65. The van der Waals surface area contributed by atoms with Gasteiger partial charge in [-0.1, -0.05) is 35.3 Å². The molecule has 0 aliphatic carbocycles. The molecule has 146 valence electrons. The smallest absolute Gasteiger partial charge is 0.241 e. The van der Waals surface area contributed by atoms with Gasteiger partial charge in [0.2, 0.25) is 5.91 Å². The van der Waals surface area contributed by atoms with Crippen LogP contribution in [0.2, 0.25) is 10.0 Å². The first-order chi connectivity index (χ1) is 12.9. The first-order valence-corrected chi connectivity index (χ1v) is 9.37. The van der Waals surface area contributed by atoms with Crippen LogP contribution in [0.4, 0.5) is 5.69 Å². The highest BCUT2D eigenvalue weighted by molar-refractivity contribution is 6.39. The lowest BCUT2D eigenvalue weighted by Gasteiger charge is -2.24. The lowest BCUT2D eigenvalue weighted by Crippen LogP contribution is -2.39. The van der Waals surface area contributed by atoms with Gasteiger partial charge in [0.25, 0.3) is 0 Å². The Morgan fingerprint density at radius 1 is 1.19 bits per heavy atom. The molecule has 1 amide bonds. The summed E-state index contributed by atoms with van der Waals surface area (Å²) >= 11 is 12.2. The molecule has 0 saturated carbocycles. The minimum absolute atomic E-state index is 0.189. The van der Waals surface area contributed by atoms with Gasteiger partial charge in [-0.05, 0) is 50.7 Å². The molecule has 5 nitrogen and oxygen atoms in total. The van der Waals surface area contributed by atoms with Crippen molar-refractivity contribution in [2.24, 2.45) is 0 Å². The highest BCUT2D eigenvalue weighted by atomic mass is 35.5. The van der Waals surface area contributed by atoms with Crippen molar-refractivity contribution in [3.8, 4) is 11.5 Å². The van der Waals surface area contributed by atoms with Crippen molar-refractivity contribution in [1.29, 1.82) is 0 Å². The fraction of sp³-hybridized carbons (Fsp3) is 0.350. The molecule has 2 aromatic rings. The molecule has 0 bridgehead atoms. The number of nitrogens with zero attached hydrogens (tertiary/aromatic N) is 1. The van der Waals surface area contributed by atoms with Gasteiger partial charge in [0.05, 0.1) is 35.5 Å². The van der Waals surface area contributed by atoms with Gasteiger partial charge in [-0.25, -0.2) is 0 Å². The zero-order valence-electron chi connectivity index (χ0n) is 15.9. The van der Waals surface area contributed by atoms with E-state index in [9.17, 15) is 4.79 Å². The number of rotatable bonds is 8. The maximum absolute atomic E-state index is 12.6. The minimum atomic E-state index is -0.394. The van der Waals surface area contributed by atoms with Gasteiger partial charge in [-0.15, -0.1) is 0 Å². The van der Waals surface area contributed by atoms with Crippen molar-refractivity contribution in [1.82, 2.24) is 4.90 Å². The number of ether oxygens (including phenoxy) is 2. The van der Waals surface area contributed by atoms with Crippen LogP contribution >= 0.6 is 23.2 Å². The molecule has 0 spiro atoms. The molecule has 27 heavy (non-hydrogen) atoms. The zero-order chi connectivity index (χ0) is 20.0. The maximum Gasteiger partial charge on any atom is 0.241 e. The van der Waals surface area contributed by atoms with Gasteiger partial charge in [0.15, 0.2) is 11.5 Å². The number of methoxy groups -OCH3 is 1. The summed E-state index contributed by atoms with van der Waals surface area (Å²) in [6.45, 7) is 4.88. The predicted octanol–water partition coefficient (Wildman–Crippen LogP) is 4.86. The Morgan fingerprint density at radius 3 is 2.44 bits per heavy atom. The molecule has 0 fully saturated rings. The van der Waals surface area contributed by atoms with Crippen molar-refractivity contribution in [2.45, 2.75) is 26.4 Å². The summed E-state index contributed by atoms with van der Waals surface area (Å²) in [6.07, 6.45) is 0. The minimum Gasteiger partial charge on any atom is -0.493 e. The van der Waals surface area contributed by atoms with Crippen LogP contribution in [-0.4, -0.2) is 37.6 Å². The van der Waals surface area contributed by atoms with Crippen molar-refractivity contribution in [3.63, 3.8) is 0 Å². The lowest BCUT2D eigenvalue weighted by atomic mass is 10.1. The largest absolute Gasteiger partial charge is 0.493 e. The van der Waals surface area contributed by atoms with E-state index in [-0.39, 0.29) is 5.91 Å². The first-order valence-electron chi connectivity index (χ1n) is 8.62. The van der Waals surface area contributed by atoms with Crippen molar-refractivity contribution >= 4 is 34.8 Å². The number of benzene rings is 2. The van der Waals surface area contributed by atoms with Crippen LogP contribution in [-0.2, 0) is 11.3 Å². The molecule has 0 radical (unpaired) electrons. The van der Waals surface area contributed by atoms with E-state index in [0.29, 0.717) is 40.4 Å². The molecular weight excluding hydrogens is 387 g/mol. The normalized spacial score (nSPS) is 12.0. The molecular formula is C20H24Cl2N2O3. The molecule has 0 aliphatic rings. The number of halogens is 2. The Morgan fingerprint density at radius 2 is 1.85 bits per heavy atom. The fourth-order valence-corrected chi connectivity index (χ4v) is 3.05. The van der Waals surface area contributed by atoms with Crippen LogP contribution in [0.1, 0.15) is 19.4 Å². The Hall–Kier alpha value is -1.95. The van der Waals surface area contributed by atoms with Crippen LogP contribution in [0.5, 0.6) is 11.5 Å². The van der Waals surface area contributed by atoms with Crippen molar-refractivity contribution in [2.75, 3.05) is 26.1 Å². The van der Waals surface area contributed by atoms with E-state index >= 15 is 0 Å². The van der Waals surface area contributed by atoms with E-state index in [1.165, 1.54) is 0 Å². The number of para-hydroxylation sites is 1. The zero-order valence-corrected chi connectivity index (χ0v) is 17.4. The summed E-state index contributed by atoms with van der Waals surface area (Å²) in [5, 5.41) is 3.61. The summed E-state index contributed by atoms with van der Waals surface area (Å²) in [4.78, 5) is 14.5. The predicted molar refractivity (Wildman–Crippen MR) is 110 cm³/mol. The summed E-state index contributed by atoms with van der Waals surface area (Å²) < 4.78 is 10.9. The summed E-state index contributed by atoms with van der Waals surface area (Å²) in [5.41, 5.74) is 1.43. The fourth-order valence-electron chi connectivity index (χ4n) is 2.56. The van der Waals surface area contributed by atoms with Crippen LogP contribution in [0.25, 0.3) is 0 Å². The highest BCUT2D eigenvalue weighted by Crippen LogP contribution is 2.31. The lowest BCUT2D eigenvalue weighted by molar-refractivity contribution is -0.120. The van der Waals surface area contributed by atoms with Crippen LogP contribution in [0, 0.1) is 0 Å². The third-order valence-electron chi connectivity index (χ3n) is 4.21. The number of amides is 1. The maximum atomic E-state index is 12.6. The highest BCUT2D eigenvalue weighted by Gasteiger charge is 2.20. The second-order valence-corrected chi connectivity index (χ2v) is 6.91. The third kappa shape index (κ3) is 5.51. The van der Waals surface area contributed by atoms with E-state index in [2.05, 4.69) is 5.32 Å². The molecule has 2 rings (SSSR count). The standard InChI is InChI=1S/C20H24Cl2N2O3/c1-5-27-17-10-9-14(11-18(17)26-4)12-24(3)13(2)20(25)23-19-15(21)7-6-8-16(19)22/h6-11,13H,5,12H2,1-4H3,(H,23,25)/t13-/m1/s1. The molecule has 2 aromatic carbocycles. The monoisotopic (exact) mass is 410 g/mol. The number of hydrogen-bond acceptors (Lipinski definition) is 4. The van der Waals surface area contributed by atoms with E-state index in [1.807, 2.05) is 44.0 Å². The van der Waals surface area contributed by atoms with E-state index in [1.54, 1.807) is 25.3 Å². The van der Waals surface area contributed by atoms with Gasteiger partial charge in [0.1, 0.15) is 0 Å². The number of likely N-dealkylation sites (N-methyl/N-ethyl adjacent to an activating group) is 1. The summed E-state index contributed by atoms with van der Waals surface area (Å²) in [6, 6.07) is 10.5. The van der Waals surface area contributed by atoms with Gasteiger partial charge >= 0.3 is 0 Å². The van der Waals surface area contributed by atoms with Gasteiger partial charge in [-0.2, -0.15) is 0 Å². The van der Waals surface area contributed by atoms with Crippen molar-refractivity contribution < 1.29 is 14.3 Å². The Balaban J connectivity index is 2.06.